The zero-order chi connectivity index (χ0) is 15.0. The molecular formula is C15H18N4O2. The summed E-state index contributed by atoms with van der Waals surface area (Å²) in [5.74, 6) is 0.510. The van der Waals surface area contributed by atoms with Gasteiger partial charge in [0.15, 0.2) is 0 Å². The number of non-ortho nitro benzene ring substituents is 1. The number of benzene rings is 1. The summed E-state index contributed by atoms with van der Waals surface area (Å²) in [5.41, 5.74) is 7.57. The third-order valence-electron chi connectivity index (χ3n) is 3.96. The van der Waals surface area contributed by atoms with E-state index in [2.05, 4.69) is 16.8 Å². The first-order chi connectivity index (χ1) is 10.1. The topological polar surface area (TPSA) is 85.3 Å². The molecular weight excluding hydrogens is 268 g/mol. The summed E-state index contributed by atoms with van der Waals surface area (Å²) in [6.07, 6.45) is 2.65. The Morgan fingerprint density at radius 2 is 2.19 bits per heavy atom. The average molecular weight is 286 g/mol. The van der Waals surface area contributed by atoms with Crippen LogP contribution in [0.2, 0.25) is 0 Å². The van der Waals surface area contributed by atoms with Crippen LogP contribution in [0.3, 0.4) is 0 Å². The number of nitrogens with two attached hydrogens (primary N) is 1. The third kappa shape index (κ3) is 2.54. The van der Waals surface area contributed by atoms with Gasteiger partial charge >= 0.3 is 0 Å². The van der Waals surface area contributed by atoms with Gasteiger partial charge in [0.25, 0.3) is 5.69 Å². The Balaban J connectivity index is 2.11. The van der Waals surface area contributed by atoms with Gasteiger partial charge in [0, 0.05) is 42.5 Å². The number of hydrogen-bond acceptors (Lipinski definition) is 5. The standard InChI is InChI=1S/C15H18N4O2/c1-10-7-11(16)9-18(8-10)13-5-6-17-15-12(13)3-2-4-14(15)19(20)21/h2-6,10-11H,7-9,16H2,1H3. The van der Waals surface area contributed by atoms with E-state index in [0.29, 0.717) is 11.4 Å². The average Bonchev–Trinajstić information content (AvgIpc) is 2.44. The maximum atomic E-state index is 11.1. The van der Waals surface area contributed by atoms with Gasteiger partial charge < -0.3 is 10.6 Å². The smallest absolute Gasteiger partial charge is 0.295 e. The van der Waals surface area contributed by atoms with Crippen LogP contribution in [0.25, 0.3) is 10.9 Å². The highest BCUT2D eigenvalue weighted by atomic mass is 16.6. The van der Waals surface area contributed by atoms with Crippen molar-refractivity contribution in [3.05, 3.63) is 40.6 Å². The van der Waals surface area contributed by atoms with Gasteiger partial charge in [0.1, 0.15) is 5.52 Å². The second kappa shape index (κ2) is 5.29. The van der Waals surface area contributed by atoms with Crippen LogP contribution in [0.15, 0.2) is 30.5 Å². The molecule has 0 bridgehead atoms. The number of aromatic nitrogens is 1. The first-order valence-corrected chi connectivity index (χ1v) is 7.09. The van der Waals surface area contributed by atoms with Crippen LogP contribution in [-0.4, -0.2) is 29.0 Å². The van der Waals surface area contributed by atoms with Crippen molar-refractivity contribution in [1.82, 2.24) is 4.98 Å². The third-order valence-corrected chi connectivity index (χ3v) is 3.96. The minimum absolute atomic E-state index is 0.0451. The molecule has 2 heterocycles. The molecule has 6 heteroatoms. The predicted octanol–water partition coefficient (Wildman–Crippen LogP) is 2.32. The molecule has 2 N–H and O–H groups in total. The van der Waals surface area contributed by atoms with Crippen molar-refractivity contribution in [1.29, 1.82) is 0 Å². The van der Waals surface area contributed by atoms with Gasteiger partial charge in [-0.05, 0) is 18.4 Å². The Bertz CT molecular complexity index is 678. The fourth-order valence-corrected chi connectivity index (χ4v) is 3.17. The molecule has 2 atom stereocenters. The van der Waals surface area contributed by atoms with Gasteiger partial charge in [0.2, 0.25) is 0 Å². The molecule has 1 aromatic carbocycles. The Morgan fingerprint density at radius 3 is 2.90 bits per heavy atom. The largest absolute Gasteiger partial charge is 0.369 e. The SMILES string of the molecule is CC1CC(N)CN(c2ccnc3c([N+](=O)[O-])cccc23)C1. The zero-order valence-electron chi connectivity index (χ0n) is 11.9. The number of nitrogens with zero attached hydrogens (tertiary/aromatic N) is 3. The molecule has 110 valence electrons. The summed E-state index contributed by atoms with van der Waals surface area (Å²) in [7, 11) is 0. The van der Waals surface area contributed by atoms with Crippen molar-refractivity contribution in [3.63, 3.8) is 0 Å². The monoisotopic (exact) mass is 286 g/mol. The highest BCUT2D eigenvalue weighted by Gasteiger charge is 2.24. The number of pyridine rings is 1. The molecule has 1 aliphatic heterocycles. The van der Waals surface area contributed by atoms with Crippen LogP contribution < -0.4 is 10.6 Å². The lowest BCUT2D eigenvalue weighted by Crippen LogP contribution is -2.46. The van der Waals surface area contributed by atoms with Crippen molar-refractivity contribution in [2.24, 2.45) is 11.7 Å². The Hall–Kier alpha value is -2.21. The van der Waals surface area contributed by atoms with Crippen LogP contribution in [0.1, 0.15) is 13.3 Å². The molecule has 0 amide bonds. The molecule has 1 fully saturated rings. The molecule has 6 nitrogen and oxygen atoms in total. The maximum absolute atomic E-state index is 11.1. The van der Waals surface area contributed by atoms with E-state index in [1.807, 2.05) is 12.1 Å². The minimum Gasteiger partial charge on any atom is -0.369 e. The van der Waals surface area contributed by atoms with E-state index >= 15 is 0 Å². The summed E-state index contributed by atoms with van der Waals surface area (Å²) in [5, 5.41) is 12.0. The van der Waals surface area contributed by atoms with Crippen molar-refractivity contribution in [3.8, 4) is 0 Å². The Morgan fingerprint density at radius 1 is 1.38 bits per heavy atom. The van der Waals surface area contributed by atoms with E-state index in [9.17, 15) is 10.1 Å². The maximum Gasteiger partial charge on any atom is 0.295 e. The highest BCUT2D eigenvalue weighted by Crippen LogP contribution is 2.32. The van der Waals surface area contributed by atoms with Crippen LogP contribution >= 0.6 is 0 Å². The lowest BCUT2D eigenvalue weighted by Gasteiger charge is -2.36. The normalized spacial score (nSPS) is 22.5. The van der Waals surface area contributed by atoms with E-state index in [0.717, 1.165) is 30.6 Å². The second-order valence-corrected chi connectivity index (χ2v) is 5.77. The summed E-state index contributed by atoms with van der Waals surface area (Å²) in [6, 6.07) is 7.13. The molecule has 1 aromatic heterocycles. The molecule has 2 aromatic rings. The van der Waals surface area contributed by atoms with E-state index in [4.69, 9.17) is 5.73 Å². The van der Waals surface area contributed by atoms with E-state index in [1.165, 1.54) is 6.07 Å². The molecule has 1 saturated heterocycles. The summed E-state index contributed by atoms with van der Waals surface area (Å²) in [4.78, 5) is 17.2. The Labute approximate surface area is 122 Å². The van der Waals surface area contributed by atoms with Crippen LogP contribution in [-0.2, 0) is 0 Å². The van der Waals surface area contributed by atoms with E-state index < -0.39 is 0 Å². The summed E-state index contributed by atoms with van der Waals surface area (Å²) >= 11 is 0. The van der Waals surface area contributed by atoms with E-state index in [-0.39, 0.29) is 16.7 Å². The number of fused-ring (bicyclic) bond motifs is 1. The Kier molecular flexibility index (Phi) is 3.47. The lowest BCUT2D eigenvalue weighted by molar-refractivity contribution is -0.383. The molecule has 21 heavy (non-hydrogen) atoms. The van der Waals surface area contributed by atoms with Crippen molar-refractivity contribution in [2.75, 3.05) is 18.0 Å². The number of para-hydroxylation sites is 1. The fourth-order valence-electron chi connectivity index (χ4n) is 3.17. The number of piperidine rings is 1. The molecule has 0 spiro atoms. The number of anilines is 1. The summed E-state index contributed by atoms with van der Waals surface area (Å²) in [6.45, 7) is 3.86. The number of nitro groups is 1. The fraction of sp³-hybridized carbons (Fsp3) is 0.400. The first kappa shape index (κ1) is 13.8. The van der Waals surface area contributed by atoms with E-state index in [1.54, 1.807) is 12.3 Å². The number of hydrogen-bond donors (Lipinski definition) is 1. The van der Waals surface area contributed by atoms with Gasteiger partial charge in [0.05, 0.1) is 4.92 Å². The van der Waals surface area contributed by atoms with Crippen LogP contribution in [0.5, 0.6) is 0 Å². The minimum atomic E-state index is -0.385. The molecule has 0 saturated carbocycles. The number of rotatable bonds is 2. The van der Waals surface area contributed by atoms with Crippen molar-refractivity contribution in [2.45, 2.75) is 19.4 Å². The second-order valence-electron chi connectivity index (χ2n) is 5.77. The van der Waals surface area contributed by atoms with Crippen molar-refractivity contribution < 1.29 is 4.92 Å². The summed E-state index contributed by atoms with van der Waals surface area (Å²) < 4.78 is 0. The van der Waals surface area contributed by atoms with Gasteiger partial charge in [-0.1, -0.05) is 19.1 Å². The quantitative estimate of drug-likeness (QED) is 0.676. The molecule has 0 aliphatic carbocycles. The van der Waals surface area contributed by atoms with Gasteiger partial charge in [-0.2, -0.15) is 0 Å². The van der Waals surface area contributed by atoms with Gasteiger partial charge in [-0.15, -0.1) is 0 Å². The lowest BCUT2D eigenvalue weighted by atomic mass is 9.95. The predicted molar refractivity (Wildman–Crippen MR) is 82.4 cm³/mol. The zero-order valence-corrected chi connectivity index (χ0v) is 11.9. The van der Waals surface area contributed by atoms with Gasteiger partial charge in [-0.25, -0.2) is 4.98 Å². The van der Waals surface area contributed by atoms with Crippen LogP contribution in [0, 0.1) is 16.0 Å². The number of nitro benzene ring substituents is 1. The molecule has 1 aliphatic rings. The van der Waals surface area contributed by atoms with Gasteiger partial charge in [-0.3, -0.25) is 10.1 Å². The molecule has 2 unspecified atom stereocenters. The van der Waals surface area contributed by atoms with Crippen LogP contribution in [0.4, 0.5) is 11.4 Å². The van der Waals surface area contributed by atoms with Crippen molar-refractivity contribution >= 4 is 22.3 Å². The first-order valence-electron chi connectivity index (χ1n) is 7.09. The molecule has 3 rings (SSSR count). The highest BCUT2D eigenvalue weighted by molar-refractivity contribution is 5.96. The molecule has 0 radical (unpaired) electrons.